The largest absolute Gasteiger partial charge is 0.435 e. The summed E-state index contributed by atoms with van der Waals surface area (Å²) in [5.41, 5.74) is -13.1. The van der Waals surface area contributed by atoms with Gasteiger partial charge < -0.3 is 0 Å². The topological polar surface area (TPSA) is 0 Å². The Morgan fingerprint density at radius 2 is 0.895 bits per heavy atom. The lowest BCUT2D eigenvalue weighted by Gasteiger charge is -2.41. The van der Waals surface area contributed by atoms with E-state index in [0.717, 1.165) is 0 Å². The summed E-state index contributed by atoms with van der Waals surface area (Å²) in [6, 6.07) is 0. The summed E-state index contributed by atoms with van der Waals surface area (Å²) in [5, 5.41) is 0. The Morgan fingerprint density at radius 3 is 1.05 bits per heavy atom. The molecule has 0 saturated carbocycles. The van der Waals surface area contributed by atoms with Crippen molar-refractivity contribution in [3.05, 3.63) is 0 Å². The van der Waals surface area contributed by atoms with Crippen LogP contribution >= 0.6 is 0 Å². The molecule has 0 aromatic carbocycles. The maximum absolute atomic E-state index is 13.4. The third-order valence-corrected chi connectivity index (χ3v) is 2.37. The van der Waals surface area contributed by atoms with Crippen LogP contribution in [0.3, 0.4) is 0 Å². The van der Waals surface area contributed by atoms with E-state index in [-0.39, 0.29) is 0 Å². The van der Waals surface area contributed by atoms with E-state index in [1.807, 2.05) is 0 Å². The quantitative estimate of drug-likeness (QED) is 0.651. The summed E-state index contributed by atoms with van der Waals surface area (Å²) in [4.78, 5) is 0. The first-order chi connectivity index (χ1) is 8.06. The van der Waals surface area contributed by atoms with E-state index in [1.54, 1.807) is 0 Å². The van der Waals surface area contributed by atoms with E-state index >= 15 is 0 Å². The summed E-state index contributed by atoms with van der Waals surface area (Å²) in [6.45, 7) is 0.688. The van der Waals surface area contributed by atoms with Gasteiger partial charge in [-0.1, -0.05) is 13.3 Å². The van der Waals surface area contributed by atoms with Crippen LogP contribution in [-0.4, -0.2) is 29.9 Å². The Morgan fingerprint density at radius 1 is 0.579 bits per heavy atom. The average Bonchev–Trinajstić information content (AvgIpc) is 2.11. The van der Waals surface area contributed by atoms with Gasteiger partial charge in [0.15, 0.2) is 0 Å². The molecule has 0 bridgehead atoms. The SMILES string of the molecule is CCCC(F)(C(F)(F)F)C(F)(C(F)(F)F)C(F)(F)F. The van der Waals surface area contributed by atoms with Crippen molar-refractivity contribution in [3.63, 3.8) is 0 Å². The summed E-state index contributed by atoms with van der Waals surface area (Å²) in [6.07, 6.45) is -24.3. The van der Waals surface area contributed by atoms with Crippen LogP contribution in [-0.2, 0) is 0 Å². The maximum atomic E-state index is 13.4. The van der Waals surface area contributed by atoms with Crippen molar-refractivity contribution in [2.75, 3.05) is 0 Å². The van der Waals surface area contributed by atoms with Gasteiger partial charge in [-0.2, -0.15) is 39.5 Å². The lowest BCUT2D eigenvalue weighted by atomic mass is 9.80. The van der Waals surface area contributed by atoms with Crippen molar-refractivity contribution in [3.8, 4) is 0 Å². The predicted octanol–water partition coefficient (Wildman–Crippen LogP) is 4.89. The standard InChI is InChI=1S/C8H7F11/c1-2-3-4(9,6(11,12)13)5(10,7(14,15)16)8(17,18)19/h2-3H2,1H3. The van der Waals surface area contributed by atoms with Crippen LogP contribution in [0, 0.1) is 0 Å². The van der Waals surface area contributed by atoms with Gasteiger partial charge in [-0.3, -0.25) is 0 Å². The molecule has 0 aromatic heterocycles. The molecule has 11 heteroatoms. The number of rotatable bonds is 3. The Bertz CT molecular complexity index is 294. The summed E-state index contributed by atoms with van der Waals surface area (Å²) >= 11 is 0. The molecule has 0 saturated heterocycles. The monoisotopic (exact) mass is 312 g/mol. The number of hydrogen-bond donors (Lipinski definition) is 0. The first-order valence-corrected chi connectivity index (χ1v) is 4.64. The minimum atomic E-state index is -7.11. The van der Waals surface area contributed by atoms with E-state index in [2.05, 4.69) is 0 Å². The van der Waals surface area contributed by atoms with Gasteiger partial charge in [0.1, 0.15) is 0 Å². The van der Waals surface area contributed by atoms with Crippen LogP contribution in [0.2, 0.25) is 0 Å². The normalized spacial score (nSPS) is 18.3. The smallest absolute Gasteiger partial charge is 0.229 e. The summed E-state index contributed by atoms with van der Waals surface area (Å²) in [7, 11) is 0. The molecule has 0 N–H and O–H groups in total. The molecule has 0 fully saturated rings. The van der Waals surface area contributed by atoms with E-state index in [4.69, 9.17) is 0 Å². The van der Waals surface area contributed by atoms with Crippen molar-refractivity contribution in [2.24, 2.45) is 0 Å². The second-order valence-corrected chi connectivity index (χ2v) is 3.70. The molecule has 0 aromatic rings. The Kier molecular flexibility index (Phi) is 4.46. The first-order valence-electron chi connectivity index (χ1n) is 4.64. The lowest BCUT2D eigenvalue weighted by Crippen LogP contribution is -2.71. The minimum absolute atomic E-state index is 0.688. The molecule has 1 unspecified atom stereocenters. The molecule has 0 radical (unpaired) electrons. The van der Waals surface area contributed by atoms with Gasteiger partial charge in [0.25, 0.3) is 5.67 Å². The molecule has 116 valence electrons. The molecule has 0 rings (SSSR count). The van der Waals surface area contributed by atoms with Gasteiger partial charge in [-0.15, -0.1) is 0 Å². The first kappa shape index (κ1) is 18.2. The molecular formula is C8H7F11. The molecule has 0 heterocycles. The number of halogens is 11. The van der Waals surface area contributed by atoms with Gasteiger partial charge >= 0.3 is 24.2 Å². The van der Waals surface area contributed by atoms with Crippen LogP contribution in [0.5, 0.6) is 0 Å². The van der Waals surface area contributed by atoms with E-state index in [1.165, 1.54) is 0 Å². The molecule has 1 atom stereocenters. The number of alkyl halides is 11. The second kappa shape index (κ2) is 4.65. The predicted molar refractivity (Wildman–Crippen MR) is 40.8 cm³/mol. The van der Waals surface area contributed by atoms with Crippen LogP contribution < -0.4 is 0 Å². The van der Waals surface area contributed by atoms with Crippen molar-refractivity contribution >= 4 is 0 Å². The Balaban J connectivity index is 6.27. The van der Waals surface area contributed by atoms with Crippen molar-refractivity contribution in [1.29, 1.82) is 0 Å². The van der Waals surface area contributed by atoms with Gasteiger partial charge in [0.05, 0.1) is 0 Å². The highest BCUT2D eigenvalue weighted by atomic mass is 19.4. The molecule has 0 nitrogen and oxygen atoms in total. The minimum Gasteiger partial charge on any atom is -0.229 e. The zero-order valence-corrected chi connectivity index (χ0v) is 9.07. The van der Waals surface area contributed by atoms with Crippen LogP contribution in [0.15, 0.2) is 0 Å². The lowest BCUT2D eigenvalue weighted by molar-refractivity contribution is -0.416. The molecule has 0 aliphatic heterocycles. The fourth-order valence-electron chi connectivity index (χ4n) is 1.46. The van der Waals surface area contributed by atoms with Gasteiger partial charge in [-0.25, -0.2) is 8.78 Å². The summed E-state index contributed by atoms with van der Waals surface area (Å²) < 4.78 is 136. The fourth-order valence-corrected chi connectivity index (χ4v) is 1.46. The van der Waals surface area contributed by atoms with Crippen molar-refractivity contribution < 1.29 is 48.3 Å². The number of hydrogen-bond acceptors (Lipinski definition) is 0. The van der Waals surface area contributed by atoms with E-state index in [0.29, 0.717) is 6.92 Å². The zero-order chi connectivity index (χ0) is 15.9. The third kappa shape index (κ3) is 2.60. The van der Waals surface area contributed by atoms with Crippen molar-refractivity contribution in [1.82, 2.24) is 0 Å². The van der Waals surface area contributed by atoms with E-state index in [9.17, 15) is 48.3 Å². The van der Waals surface area contributed by atoms with Crippen molar-refractivity contribution in [2.45, 2.75) is 49.6 Å². The van der Waals surface area contributed by atoms with Gasteiger partial charge in [0.2, 0.25) is 0 Å². The molecular weight excluding hydrogens is 305 g/mol. The average molecular weight is 312 g/mol. The van der Waals surface area contributed by atoms with Crippen LogP contribution in [0.1, 0.15) is 19.8 Å². The molecule has 0 aliphatic rings. The molecule has 19 heavy (non-hydrogen) atoms. The molecule has 0 aliphatic carbocycles. The molecule has 0 spiro atoms. The van der Waals surface area contributed by atoms with Gasteiger partial charge in [-0.05, 0) is 6.42 Å². The molecule has 0 amide bonds. The van der Waals surface area contributed by atoms with Gasteiger partial charge in [0, 0.05) is 0 Å². The zero-order valence-electron chi connectivity index (χ0n) is 9.07. The highest BCUT2D eigenvalue weighted by Gasteiger charge is 2.88. The third-order valence-electron chi connectivity index (χ3n) is 2.37. The highest BCUT2D eigenvalue weighted by Crippen LogP contribution is 2.60. The highest BCUT2D eigenvalue weighted by molar-refractivity contribution is 5.13. The second-order valence-electron chi connectivity index (χ2n) is 3.70. The maximum Gasteiger partial charge on any atom is 0.435 e. The van der Waals surface area contributed by atoms with E-state index < -0.39 is 42.7 Å². The Labute approximate surface area is 99.1 Å². The van der Waals surface area contributed by atoms with Crippen LogP contribution in [0.25, 0.3) is 0 Å². The van der Waals surface area contributed by atoms with Crippen LogP contribution in [0.4, 0.5) is 48.3 Å². The fraction of sp³-hybridized carbons (Fsp3) is 1.00. The Hall–Kier alpha value is -0.770. The summed E-state index contributed by atoms with van der Waals surface area (Å²) in [5.74, 6) is 0.